The Morgan fingerprint density at radius 3 is 2.59 bits per heavy atom. The van der Waals surface area contributed by atoms with Crippen molar-refractivity contribution in [3.8, 4) is 0 Å². The first kappa shape index (κ1) is 14.4. The monoisotopic (exact) mass is 258 g/mol. The SMILES string of the molecule is CC(C)CCOCCNC(=O)C1(C(N)=S)CC1. The normalized spacial score (nSPS) is 16.9. The van der Waals surface area contributed by atoms with E-state index in [1.807, 2.05) is 0 Å². The smallest absolute Gasteiger partial charge is 0.233 e. The molecule has 1 rings (SSSR count). The maximum absolute atomic E-state index is 11.8. The van der Waals surface area contributed by atoms with Crippen LogP contribution in [0.1, 0.15) is 33.1 Å². The van der Waals surface area contributed by atoms with Crippen molar-refractivity contribution in [3.05, 3.63) is 0 Å². The predicted molar refractivity (Wildman–Crippen MR) is 71.7 cm³/mol. The van der Waals surface area contributed by atoms with Crippen molar-refractivity contribution in [2.24, 2.45) is 17.1 Å². The lowest BCUT2D eigenvalue weighted by Gasteiger charge is -2.13. The topological polar surface area (TPSA) is 64.3 Å². The molecule has 0 saturated heterocycles. The summed E-state index contributed by atoms with van der Waals surface area (Å²) < 4.78 is 5.41. The Balaban J connectivity index is 2.07. The second kappa shape index (κ2) is 6.31. The minimum absolute atomic E-state index is 0.0440. The molecule has 1 fully saturated rings. The number of carbonyl (C=O) groups excluding carboxylic acids is 1. The molecule has 17 heavy (non-hydrogen) atoms. The van der Waals surface area contributed by atoms with Crippen molar-refractivity contribution in [1.82, 2.24) is 5.32 Å². The van der Waals surface area contributed by atoms with Crippen LogP contribution in [0.4, 0.5) is 0 Å². The zero-order valence-corrected chi connectivity index (χ0v) is 11.4. The number of nitrogens with one attached hydrogen (secondary N) is 1. The summed E-state index contributed by atoms with van der Waals surface area (Å²) in [7, 11) is 0. The molecule has 4 nitrogen and oxygen atoms in total. The van der Waals surface area contributed by atoms with Gasteiger partial charge in [0.1, 0.15) is 0 Å². The maximum atomic E-state index is 11.8. The zero-order chi connectivity index (χ0) is 12.9. The van der Waals surface area contributed by atoms with Crippen molar-refractivity contribution in [2.75, 3.05) is 19.8 Å². The molecule has 0 unspecified atom stereocenters. The van der Waals surface area contributed by atoms with Crippen LogP contribution in [0.5, 0.6) is 0 Å². The van der Waals surface area contributed by atoms with Crippen LogP contribution in [0, 0.1) is 11.3 Å². The molecular formula is C12H22N2O2S. The first-order valence-electron chi connectivity index (χ1n) is 6.15. The summed E-state index contributed by atoms with van der Waals surface area (Å²) in [5.74, 6) is 0.603. The van der Waals surface area contributed by atoms with Gasteiger partial charge in [-0.1, -0.05) is 26.1 Å². The Kier molecular flexibility index (Phi) is 5.33. The van der Waals surface area contributed by atoms with E-state index in [2.05, 4.69) is 19.2 Å². The number of rotatable bonds is 8. The molecule has 0 spiro atoms. The van der Waals surface area contributed by atoms with E-state index in [0.29, 0.717) is 24.1 Å². The van der Waals surface area contributed by atoms with E-state index in [4.69, 9.17) is 22.7 Å². The van der Waals surface area contributed by atoms with Gasteiger partial charge in [-0.2, -0.15) is 0 Å². The molecule has 5 heteroatoms. The number of ether oxygens (including phenoxy) is 1. The summed E-state index contributed by atoms with van der Waals surface area (Å²) in [6.07, 6.45) is 2.61. The van der Waals surface area contributed by atoms with Gasteiger partial charge in [-0.25, -0.2) is 0 Å². The summed E-state index contributed by atoms with van der Waals surface area (Å²) in [5, 5.41) is 2.82. The highest BCUT2D eigenvalue weighted by Crippen LogP contribution is 2.46. The molecule has 0 aromatic rings. The second-order valence-corrected chi connectivity index (χ2v) is 5.44. The standard InChI is InChI=1S/C12H22N2O2S/c1-9(2)3-7-16-8-6-14-11(15)12(4-5-12)10(13)17/h9H,3-8H2,1-2H3,(H2,13,17)(H,14,15). The first-order valence-corrected chi connectivity index (χ1v) is 6.56. The molecule has 1 aliphatic carbocycles. The lowest BCUT2D eigenvalue weighted by Crippen LogP contribution is -2.40. The number of nitrogens with two attached hydrogens (primary N) is 1. The van der Waals surface area contributed by atoms with Gasteiger partial charge in [0.15, 0.2) is 0 Å². The average molecular weight is 258 g/mol. The molecule has 0 bridgehead atoms. The van der Waals surface area contributed by atoms with Gasteiger partial charge in [-0.05, 0) is 25.2 Å². The number of hydrogen-bond acceptors (Lipinski definition) is 3. The Hall–Kier alpha value is -0.680. The van der Waals surface area contributed by atoms with Crippen molar-refractivity contribution in [2.45, 2.75) is 33.1 Å². The van der Waals surface area contributed by atoms with Gasteiger partial charge in [0, 0.05) is 13.2 Å². The van der Waals surface area contributed by atoms with Crippen molar-refractivity contribution < 1.29 is 9.53 Å². The summed E-state index contributed by atoms with van der Waals surface area (Å²) in [6, 6.07) is 0. The summed E-state index contributed by atoms with van der Waals surface area (Å²) >= 11 is 4.91. The van der Waals surface area contributed by atoms with Gasteiger partial charge in [0.2, 0.25) is 5.91 Å². The van der Waals surface area contributed by atoms with Gasteiger partial charge < -0.3 is 15.8 Å². The zero-order valence-electron chi connectivity index (χ0n) is 10.6. The third-order valence-corrected chi connectivity index (χ3v) is 3.42. The van der Waals surface area contributed by atoms with E-state index in [1.54, 1.807) is 0 Å². The van der Waals surface area contributed by atoms with Crippen molar-refractivity contribution in [3.63, 3.8) is 0 Å². The van der Waals surface area contributed by atoms with E-state index >= 15 is 0 Å². The lowest BCUT2D eigenvalue weighted by atomic mass is 10.1. The van der Waals surface area contributed by atoms with Gasteiger partial charge in [-0.3, -0.25) is 4.79 Å². The average Bonchev–Trinajstić information content (AvgIpc) is 3.03. The van der Waals surface area contributed by atoms with E-state index in [1.165, 1.54) is 0 Å². The van der Waals surface area contributed by atoms with E-state index in [0.717, 1.165) is 25.9 Å². The second-order valence-electron chi connectivity index (χ2n) is 5.00. The molecule has 0 aromatic heterocycles. The van der Waals surface area contributed by atoms with Crippen LogP contribution in [0.2, 0.25) is 0 Å². The van der Waals surface area contributed by atoms with Crippen molar-refractivity contribution >= 4 is 23.1 Å². The third-order valence-electron chi connectivity index (χ3n) is 3.03. The highest BCUT2D eigenvalue weighted by atomic mass is 32.1. The minimum atomic E-state index is -0.548. The lowest BCUT2D eigenvalue weighted by molar-refractivity contribution is -0.124. The van der Waals surface area contributed by atoms with E-state index in [9.17, 15) is 4.79 Å². The Labute approximate surface area is 108 Å². The number of thiocarbonyl (C=S) groups is 1. The van der Waals surface area contributed by atoms with E-state index < -0.39 is 5.41 Å². The molecule has 0 atom stereocenters. The van der Waals surface area contributed by atoms with Gasteiger partial charge >= 0.3 is 0 Å². The van der Waals surface area contributed by atoms with Crippen LogP contribution < -0.4 is 11.1 Å². The van der Waals surface area contributed by atoms with Gasteiger partial charge in [0.05, 0.1) is 17.0 Å². The van der Waals surface area contributed by atoms with Crippen LogP contribution in [-0.2, 0) is 9.53 Å². The molecule has 98 valence electrons. The summed E-state index contributed by atoms with van der Waals surface area (Å²) in [5.41, 5.74) is 5.01. The van der Waals surface area contributed by atoms with Crippen LogP contribution in [0.3, 0.4) is 0 Å². The summed E-state index contributed by atoms with van der Waals surface area (Å²) in [4.78, 5) is 12.1. The molecule has 0 aromatic carbocycles. The molecule has 3 N–H and O–H groups in total. The van der Waals surface area contributed by atoms with Crippen LogP contribution in [0.25, 0.3) is 0 Å². The number of hydrogen-bond donors (Lipinski definition) is 2. The highest BCUT2D eigenvalue weighted by molar-refractivity contribution is 7.80. The molecule has 1 amide bonds. The Morgan fingerprint density at radius 2 is 2.12 bits per heavy atom. The van der Waals surface area contributed by atoms with Crippen LogP contribution >= 0.6 is 12.2 Å². The molecule has 0 aliphatic heterocycles. The highest BCUT2D eigenvalue weighted by Gasteiger charge is 2.52. The third kappa shape index (κ3) is 4.24. The molecule has 1 saturated carbocycles. The molecule has 0 heterocycles. The van der Waals surface area contributed by atoms with Crippen LogP contribution in [0.15, 0.2) is 0 Å². The fourth-order valence-corrected chi connectivity index (χ4v) is 1.83. The summed E-state index contributed by atoms with van der Waals surface area (Å²) in [6.45, 7) is 6.13. The first-order chi connectivity index (χ1) is 7.99. The maximum Gasteiger partial charge on any atom is 0.233 e. The largest absolute Gasteiger partial charge is 0.392 e. The number of amides is 1. The quantitative estimate of drug-likeness (QED) is 0.508. The van der Waals surface area contributed by atoms with Gasteiger partial charge in [-0.15, -0.1) is 0 Å². The number of carbonyl (C=O) groups is 1. The van der Waals surface area contributed by atoms with Crippen molar-refractivity contribution in [1.29, 1.82) is 0 Å². The predicted octanol–water partition coefficient (Wildman–Crippen LogP) is 1.23. The molecular weight excluding hydrogens is 236 g/mol. The Bertz CT molecular complexity index is 288. The van der Waals surface area contributed by atoms with Crippen LogP contribution in [-0.4, -0.2) is 30.7 Å². The minimum Gasteiger partial charge on any atom is -0.392 e. The molecule has 1 aliphatic rings. The fraction of sp³-hybridized carbons (Fsp3) is 0.833. The Morgan fingerprint density at radius 1 is 1.47 bits per heavy atom. The fourth-order valence-electron chi connectivity index (χ4n) is 1.54. The molecule has 0 radical (unpaired) electrons. The van der Waals surface area contributed by atoms with Gasteiger partial charge in [0.25, 0.3) is 0 Å². The van der Waals surface area contributed by atoms with E-state index in [-0.39, 0.29) is 5.91 Å².